The Morgan fingerprint density at radius 2 is 1.80 bits per heavy atom. The lowest BCUT2D eigenvalue weighted by Crippen LogP contribution is -2.45. The molecule has 1 N–H and O–H groups in total. The van der Waals surface area contributed by atoms with Gasteiger partial charge in [-0.2, -0.15) is 0 Å². The summed E-state index contributed by atoms with van der Waals surface area (Å²) in [5.74, 6) is -0.297. The first-order valence-electron chi connectivity index (χ1n) is 8.14. The number of hydrogen-bond donors (Lipinski definition) is 1. The van der Waals surface area contributed by atoms with E-state index in [0.29, 0.717) is 17.0 Å². The van der Waals surface area contributed by atoms with Crippen LogP contribution in [-0.4, -0.2) is 16.4 Å². The third kappa shape index (κ3) is 3.84. The minimum Gasteiger partial charge on any atom is -0.347 e. The SMILES string of the molecule is CC(C)(NC(=O)c1cc(-c2ccc(F)cc2)cc([N+](=O)[O-])c1)C1CC1. The number of nitro groups is 1. The van der Waals surface area contributed by atoms with E-state index in [1.165, 1.54) is 36.4 Å². The fraction of sp³-hybridized carbons (Fsp3) is 0.316. The molecule has 0 aliphatic heterocycles. The van der Waals surface area contributed by atoms with Crippen LogP contribution in [0.2, 0.25) is 0 Å². The van der Waals surface area contributed by atoms with Crippen LogP contribution in [0, 0.1) is 21.8 Å². The molecule has 1 aliphatic rings. The van der Waals surface area contributed by atoms with Crippen molar-refractivity contribution in [1.82, 2.24) is 5.32 Å². The summed E-state index contributed by atoms with van der Waals surface area (Å²) in [5.41, 5.74) is 0.820. The van der Waals surface area contributed by atoms with Crippen molar-refractivity contribution in [3.8, 4) is 11.1 Å². The number of non-ortho nitro benzene ring substituents is 1. The maximum atomic E-state index is 13.1. The Hall–Kier alpha value is -2.76. The summed E-state index contributed by atoms with van der Waals surface area (Å²) in [6.45, 7) is 3.92. The molecular weight excluding hydrogens is 323 g/mol. The number of carbonyl (C=O) groups excluding carboxylic acids is 1. The Kier molecular flexibility index (Phi) is 4.29. The van der Waals surface area contributed by atoms with Gasteiger partial charge in [0.25, 0.3) is 11.6 Å². The highest BCUT2D eigenvalue weighted by molar-refractivity contribution is 5.96. The van der Waals surface area contributed by atoms with Crippen LogP contribution in [0.25, 0.3) is 11.1 Å². The minimum atomic E-state index is -0.532. The van der Waals surface area contributed by atoms with Gasteiger partial charge in [-0.25, -0.2) is 4.39 Å². The van der Waals surface area contributed by atoms with E-state index in [1.54, 1.807) is 6.07 Å². The molecule has 3 rings (SSSR count). The second-order valence-electron chi connectivity index (χ2n) is 6.98. The molecule has 0 aromatic heterocycles. The smallest absolute Gasteiger partial charge is 0.270 e. The molecule has 0 saturated heterocycles. The number of benzene rings is 2. The molecule has 0 bridgehead atoms. The van der Waals surface area contributed by atoms with Gasteiger partial charge in [-0.1, -0.05) is 12.1 Å². The normalized spacial score (nSPS) is 14.2. The first kappa shape index (κ1) is 17.1. The molecule has 1 amide bonds. The van der Waals surface area contributed by atoms with Crippen LogP contribution in [0.4, 0.5) is 10.1 Å². The van der Waals surface area contributed by atoms with Gasteiger partial charge in [-0.05, 0) is 61.9 Å². The van der Waals surface area contributed by atoms with Crippen molar-refractivity contribution in [2.45, 2.75) is 32.2 Å². The summed E-state index contributed by atoms with van der Waals surface area (Å²) >= 11 is 0. The van der Waals surface area contributed by atoms with Gasteiger partial charge in [-0.3, -0.25) is 14.9 Å². The maximum Gasteiger partial charge on any atom is 0.270 e. The van der Waals surface area contributed by atoms with Gasteiger partial charge in [0.1, 0.15) is 5.82 Å². The van der Waals surface area contributed by atoms with Crippen LogP contribution in [-0.2, 0) is 0 Å². The number of nitro benzene ring substituents is 1. The third-order valence-corrected chi connectivity index (χ3v) is 4.60. The molecule has 1 aliphatic carbocycles. The molecule has 1 fully saturated rings. The van der Waals surface area contributed by atoms with Crippen LogP contribution in [0.5, 0.6) is 0 Å². The van der Waals surface area contributed by atoms with Crippen molar-refractivity contribution in [1.29, 1.82) is 0 Å². The fourth-order valence-corrected chi connectivity index (χ4v) is 2.93. The largest absolute Gasteiger partial charge is 0.347 e. The highest BCUT2D eigenvalue weighted by Crippen LogP contribution is 2.39. The van der Waals surface area contributed by atoms with E-state index in [1.807, 2.05) is 13.8 Å². The first-order valence-corrected chi connectivity index (χ1v) is 8.14. The average Bonchev–Trinajstić information content (AvgIpc) is 3.40. The summed E-state index contributed by atoms with van der Waals surface area (Å²) in [6.07, 6.45) is 2.14. The van der Waals surface area contributed by atoms with Gasteiger partial charge in [0, 0.05) is 23.2 Å². The number of halogens is 1. The average molecular weight is 342 g/mol. The summed E-state index contributed by atoms with van der Waals surface area (Å²) in [7, 11) is 0. The van der Waals surface area contributed by atoms with Crippen molar-refractivity contribution < 1.29 is 14.1 Å². The number of rotatable bonds is 5. The molecule has 0 heterocycles. The van der Waals surface area contributed by atoms with Crippen molar-refractivity contribution in [3.05, 3.63) is 64.0 Å². The summed E-state index contributed by atoms with van der Waals surface area (Å²) in [5, 5.41) is 14.2. The monoisotopic (exact) mass is 342 g/mol. The van der Waals surface area contributed by atoms with Crippen LogP contribution in [0.3, 0.4) is 0 Å². The first-order chi connectivity index (χ1) is 11.8. The minimum absolute atomic E-state index is 0.170. The van der Waals surface area contributed by atoms with Crippen molar-refractivity contribution in [2.24, 2.45) is 5.92 Å². The number of nitrogens with one attached hydrogen (secondary N) is 1. The van der Waals surface area contributed by atoms with Gasteiger partial charge >= 0.3 is 0 Å². The van der Waals surface area contributed by atoms with E-state index in [9.17, 15) is 19.3 Å². The van der Waals surface area contributed by atoms with Gasteiger partial charge < -0.3 is 5.32 Å². The van der Waals surface area contributed by atoms with Crippen LogP contribution in [0.1, 0.15) is 37.0 Å². The number of hydrogen-bond acceptors (Lipinski definition) is 3. The quantitative estimate of drug-likeness (QED) is 0.650. The lowest BCUT2D eigenvalue weighted by Gasteiger charge is -2.26. The molecule has 130 valence electrons. The topological polar surface area (TPSA) is 72.2 Å². The number of nitrogens with zero attached hydrogens (tertiary/aromatic N) is 1. The van der Waals surface area contributed by atoms with E-state index in [-0.39, 0.29) is 22.7 Å². The molecule has 5 nitrogen and oxygen atoms in total. The molecule has 2 aromatic carbocycles. The Morgan fingerprint density at radius 3 is 2.36 bits per heavy atom. The zero-order chi connectivity index (χ0) is 18.2. The van der Waals surface area contributed by atoms with Crippen LogP contribution in [0.15, 0.2) is 42.5 Å². The predicted octanol–water partition coefficient (Wildman–Crippen LogP) is 4.32. The zero-order valence-electron chi connectivity index (χ0n) is 14.1. The predicted molar refractivity (Wildman–Crippen MR) is 92.8 cm³/mol. The molecule has 0 spiro atoms. The Balaban J connectivity index is 1.96. The Bertz CT molecular complexity index is 827. The molecule has 6 heteroatoms. The van der Waals surface area contributed by atoms with Gasteiger partial charge in [-0.15, -0.1) is 0 Å². The zero-order valence-corrected chi connectivity index (χ0v) is 14.1. The molecule has 2 aromatic rings. The maximum absolute atomic E-state index is 13.1. The van der Waals surface area contributed by atoms with Crippen molar-refractivity contribution in [3.63, 3.8) is 0 Å². The van der Waals surface area contributed by atoms with Crippen LogP contribution < -0.4 is 5.32 Å². The van der Waals surface area contributed by atoms with E-state index < -0.39 is 10.7 Å². The fourth-order valence-electron chi connectivity index (χ4n) is 2.93. The second-order valence-corrected chi connectivity index (χ2v) is 6.98. The molecular formula is C19H19FN2O3. The van der Waals surface area contributed by atoms with Crippen molar-refractivity contribution in [2.75, 3.05) is 0 Å². The molecule has 0 unspecified atom stereocenters. The molecule has 1 saturated carbocycles. The van der Waals surface area contributed by atoms with Gasteiger partial charge in [0.2, 0.25) is 0 Å². The van der Waals surface area contributed by atoms with E-state index in [0.717, 1.165) is 12.8 Å². The molecule has 25 heavy (non-hydrogen) atoms. The second kappa shape index (κ2) is 6.27. The highest BCUT2D eigenvalue weighted by Gasteiger charge is 2.39. The van der Waals surface area contributed by atoms with Crippen molar-refractivity contribution >= 4 is 11.6 Å². The summed E-state index contributed by atoms with van der Waals surface area (Å²) in [4.78, 5) is 23.3. The Morgan fingerprint density at radius 1 is 1.16 bits per heavy atom. The third-order valence-electron chi connectivity index (χ3n) is 4.60. The lowest BCUT2D eigenvalue weighted by atomic mass is 9.97. The van der Waals surface area contributed by atoms with E-state index in [2.05, 4.69) is 5.32 Å². The lowest BCUT2D eigenvalue weighted by molar-refractivity contribution is -0.384. The Labute approximate surface area is 145 Å². The van der Waals surface area contributed by atoms with Gasteiger partial charge in [0.15, 0.2) is 0 Å². The van der Waals surface area contributed by atoms with E-state index >= 15 is 0 Å². The van der Waals surface area contributed by atoms with Gasteiger partial charge in [0.05, 0.1) is 4.92 Å². The molecule has 0 atom stereocenters. The standard InChI is InChI=1S/C19H19FN2O3/c1-19(2,15-5-6-15)21-18(23)14-9-13(10-17(11-14)22(24)25)12-3-7-16(20)8-4-12/h3-4,7-11,15H,5-6H2,1-2H3,(H,21,23). The van der Waals surface area contributed by atoms with E-state index in [4.69, 9.17) is 0 Å². The summed E-state index contributed by atoms with van der Waals surface area (Å²) in [6, 6.07) is 9.88. The number of carbonyl (C=O) groups is 1. The molecule has 0 radical (unpaired) electrons. The highest BCUT2D eigenvalue weighted by atomic mass is 19.1. The number of amides is 1. The summed E-state index contributed by atoms with van der Waals surface area (Å²) < 4.78 is 13.1. The van der Waals surface area contributed by atoms with Crippen LogP contribution >= 0.6 is 0 Å².